The van der Waals surface area contributed by atoms with Crippen LogP contribution in [-0.2, 0) is 0 Å². The van der Waals surface area contributed by atoms with Crippen molar-refractivity contribution in [3.63, 3.8) is 0 Å². The minimum absolute atomic E-state index is 1.22. The van der Waals surface area contributed by atoms with Crippen molar-refractivity contribution in [1.82, 2.24) is 0 Å². The molecular formula is C54H36. The lowest BCUT2D eigenvalue weighted by atomic mass is 9.89. The fraction of sp³-hybridized carbons (Fsp3) is 0. The Labute approximate surface area is 316 Å². The molecule has 0 heteroatoms. The second kappa shape index (κ2) is 13.5. The Bertz CT molecular complexity index is 2740. The van der Waals surface area contributed by atoms with Crippen molar-refractivity contribution >= 4 is 32.3 Å². The molecule has 10 aromatic rings. The molecule has 0 aromatic heterocycles. The Kier molecular flexibility index (Phi) is 7.93. The normalized spacial score (nSPS) is 11.3. The SMILES string of the molecule is c1ccc(-c2ccc(-c3ccccc3)c3cc(-c4ccc5cc(-c6ccc7c(-c8ccccc8)ccc(-c8ccccc8)c7c6)ccc5c4)ccc23)cc1. The molecular weight excluding hydrogens is 649 g/mol. The van der Waals surface area contributed by atoms with E-state index in [4.69, 9.17) is 0 Å². The predicted molar refractivity (Wildman–Crippen MR) is 232 cm³/mol. The van der Waals surface area contributed by atoms with Gasteiger partial charge in [-0.1, -0.05) is 194 Å². The third-order valence-corrected chi connectivity index (χ3v) is 10.9. The fourth-order valence-electron chi connectivity index (χ4n) is 8.14. The van der Waals surface area contributed by atoms with Crippen LogP contribution in [0, 0.1) is 0 Å². The zero-order valence-corrected chi connectivity index (χ0v) is 29.8. The summed E-state index contributed by atoms with van der Waals surface area (Å²) >= 11 is 0. The van der Waals surface area contributed by atoms with Gasteiger partial charge in [0, 0.05) is 0 Å². The van der Waals surface area contributed by atoms with Gasteiger partial charge in [0.15, 0.2) is 0 Å². The first-order chi connectivity index (χ1) is 26.8. The van der Waals surface area contributed by atoms with E-state index in [1.807, 2.05) is 0 Å². The minimum atomic E-state index is 1.22. The molecule has 0 fully saturated rings. The summed E-state index contributed by atoms with van der Waals surface area (Å²) in [5, 5.41) is 7.51. The molecule has 0 saturated carbocycles. The Hall–Kier alpha value is -7.02. The Balaban J connectivity index is 1.06. The quantitative estimate of drug-likeness (QED) is 0.164. The summed E-state index contributed by atoms with van der Waals surface area (Å²) < 4.78 is 0. The molecule has 0 atom stereocenters. The molecule has 0 N–H and O–H groups in total. The van der Waals surface area contributed by atoms with E-state index < -0.39 is 0 Å². The minimum Gasteiger partial charge on any atom is -0.0622 e. The largest absolute Gasteiger partial charge is 0.0622 e. The fourth-order valence-corrected chi connectivity index (χ4v) is 8.14. The van der Waals surface area contributed by atoms with Crippen molar-refractivity contribution in [2.24, 2.45) is 0 Å². The molecule has 0 nitrogen and oxygen atoms in total. The van der Waals surface area contributed by atoms with Crippen molar-refractivity contribution in [3.8, 4) is 66.8 Å². The van der Waals surface area contributed by atoms with Crippen LogP contribution in [0.3, 0.4) is 0 Å². The summed E-state index contributed by atoms with van der Waals surface area (Å²) in [7, 11) is 0. The molecule has 0 heterocycles. The molecule has 10 rings (SSSR count). The van der Waals surface area contributed by atoms with Crippen molar-refractivity contribution < 1.29 is 0 Å². The topological polar surface area (TPSA) is 0 Å². The smallest absolute Gasteiger partial charge is 0.00930 e. The van der Waals surface area contributed by atoms with E-state index in [1.54, 1.807) is 0 Å². The molecule has 0 bridgehead atoms. The van der Waals surface area contributed by atoms with E-state index in [0.717, 1.165) is 0 Å². The van der Waals surface area contributed by atoms with Gasteiger partial charge in [0.1, 0.15) is 0 Å². The number of rotatable bonds is 6. The maximum Gasteiger partial charge on any atom is -0.00930 e. The highest BCUT2D eigenvalue weighted by atomic mass is 14.2. The number of hydrogen-bond donors (Lipinski definition) is 0. The van der Waals surface area contributed by atoms with E-state index in [9.17, 15) is 0 Å². The summed E-state index contributed by atoms with van der Waals surface area (Å²) in [4.78, 5) is 0. The van der Waals surface area contributed by atoms with Gasteiger partial charge in [-0.2, -0.15) is 0 Å². The average molecular weight is 685 g/mol. The van der Waals surface area contributed by atoms with E-state index in [-0.39, 0.29) is 0 Å². The molecule has 0 amide bonds. The number of fused-ring (bicyclic) bond motifs is 3. The lowest BCUT2D eigenvalue weighted by Crippen LogP contribution is -1.88. The molecule has 0 spiro atoms. The lowest BCUT2D eigenvalue weighted by Gasteiger charge is -2.15. The van der Waals surface area contributed by atoms with Gasteiger partial charge in [-0.15, -0.1) is 0 Å². The maximum atomic E-state index is 2.38. The van der Waals surface area contributed by atoms with Gasteiger partial charge in [-0.3, -0.25) is 0 Å². The van der Waals surface area contributed by atoms with E-state index in [1.165, 1.54) is 99.1 Å². The number of hydrogen-bond acceptors (Lipinski definition) is 0. The van der Waals surface area contributed by atoms with Gasteiger partial charge < -0.3 is 0 Å². The average Bonchev–Trinajstić information content (AvgIpc) is 3.26. The first kappa shape index (κ1) is 31.7. The van der Waals surface area contributed by atoms with Crippen LogP contribution < -0.4 is 0 Å². The van der Waals surface area contributed by atoms with Crippen molar-refractivity contribution in [1.29, 1.82) is 0 Å². The van der Waals surface area contributed by atoms with Gasteiger partial charge in [0.05, 0.1) is 0 Å². The second-order valence-corrected chi connectivity index (χ2v) is 14.1. The highest BCUT2D eigenvalue weighted by Crippen LogP contribution is 2.40. The van der Waals surface area contributed by atoms with Crippen LogP contribution in [0.4, 0.5) is 0 Å². The first-order valence-corrected chi connectivity index (χ1v) is 18.7. The van der Waals surface area contributed by atoms with Gasteiger partial charge in [-0.05, 0) is 123 Å². The van der Waals surface area contributed by atoms with Gasteiger partial charge in [0.25, 0.3) is 0 Å². The highest BCUT2D eigenvalue weighted by Gasteiger charge is 2.14. The van der Waals surface area contributed by atoms with Crippen molar-refractivity contribution in [2.75, 3.05) is 0 Å². The monoisotopic (exact) mass is 684 g/mol. The summed E-state index contributed by atoms with van der Waals surface area (Å²) in [5.74, 6) is 0. The molecule has 0 aliphatic rings. The summed E-state index contributed by atoms with van der Waals surface area (Å²) in [6, 6.07) is 79.7. The Morgan fingerprint density at radius 3 is 0.778 bits per heavy atom. The van der Waals surface area contributed by atoms with Crippen LogP contribution in [0.2, 0.25) is 0 Å². The van der Waals surface area contributed by atoms with Gasteiger partial charge >= 0.3 is 0 Å². The molecule has 0 radical (unpaired) electrons. The molecule has 10 aromatic carbocycles. The van der Waals surface area contributed by atoms with Crippen molar-refractivity contribution in [3.05, 3.63) is 218 Å². The van der Waals surface area contributed by atoms with Crippen LogP contribution in [0.5, 0.6) is 0 Å². The first-order valence-electron chi connectivity index (χ1n) is 18.7. The molecule has 252 valence electrons. The summed E-state index contributed by atoms with van der Waals surface area (Å²) in [6.07, 6.45) is 0. The molecule has 54 heavy (non-hydrogen) atoms. The van der Waals surface area contributed by atoms with Gasteiger partial charge in [-0.25, -0.2) is 0 Å². The van der Waals surface area contributed by atoms with Crippen LogP contribution in [-0.4, -0.2) is 0 Å². The molecule has 0 unspecified atom stereocenters. The Morgan fingerprint density at radius 1 is 0.167 bits per heavy atom. The summed E-state index contributed by atoms with van der Waals surface area (Å²) in [6.45, 7) is 0. The third-order valence-electron chi connectivity index (χ3n) is 10.9. The molecule has 0 saturated heterocycles. The highest BCUT2D eigenvalue weighted by molar-refractivity contribution is 6.08. The Morgan fingerprint density at radius 2 is 0.444 bits per heavy atom. The molecule has 0 aliphatic carbocycles. The van der Waals surface area contributed by atoms with E-state index in [0.29, 0.717) is 0 Å². The van der Waals surface area contributed by atoms with E-state index in [2.05, 4.69) is 218 Å². The van der Waals surface area contributed by atoms with E-state index >= 15 is 0 Å². The van der Waals surface area contributed by atoms with Crippen LogP contribution in [0.25, 0.3) is 99.1 Å². The van der Waals surface area contributed by atoms with Crippen LogP contribution in [0.15, 0.2) is 218 Å². The van der Waals surface area contributed by atoms with Crippen LogP contribution >= 0.6 is 0 Å². The zero-order chi connectivity index (χ0) is 35.8. The molecule has 0 aliphatic heterocycles. The summed E-state index contributed by atoms with van der Waals surface area (Å²) in [5.41, 5.74) is 14.8. The lowest BCUT2D eigenvalue weighted by molar-refractivity contribution is 1.61. The predicted octanol–water partition coefficient (Wildman–Crippen LogP) is 15.1. The van der Waals surface area contributed by atoms with Crippen LogP contribution in [0.1, 0.15) is 0 Å². The van der Waals surface area contributed by atoms with Gasteiger partial charge in [0.2, 0.25) is 0 Å². The standard InChI is InChI=1S/C54H36/c1-5-13-37(14-6-1)47-29-31-49(39-17-9-3-10-18-39)53-35-45(25-27-51(47)53)43-23-21-42-34-44(24-22-41(42)33-43)46-26-28-52-48(38-15-7-2-8-16-38)30-32-50(54(52)36-46)40-19-11-4-12-20-40/h1-36H. The van der Waals surface area contributed by atoms with Crippen molar-refractivity contribution in [2.45, 2.75) is 0 Å². The third kappa shape index (κ3) is 5.75. The zero-order valence-electron chi connectivity index (χ0n) is 29.8. The maximum absolute atomic E-state index is 2.38. The second-order valence-electron chi connectivity index (χ2n) is 14.1. The number of benzene rings is 10.